The lowest BCUT2D eigenvalue weighted by Gasteiger charge is -2.28. The molecule has 1 heterocycles. The molecule has 0 bridgehead atoms. The Balaban J connectivity index is 2.28. The van der Waals surface area contributed by atoms with Gasteiger partial charge in [-0.1, -0.05) is 18.2 Å². The predicted molar refractivity (Wildman–Crippen MR) is 104 cm³/mol. The first-order valence-electron chi connectivity index (χ1n) is 8.89. The topological polar surface area (TPSA) is 94.6 Å². The molecule has 0 saturated carbocycles. The third-order valence-electron chi connectivity index (χ3n) is 4.48. The normalized spacial score (nSPS) is 16.1. The molecule has 2 aromatic rings. The molecule has 0 fully saturated rings. The highest BCUT2D eigenvalue weighted by atomic mass is 19.1. The standard InChI is InChI=1S/C22H19FN2O4/c1-3-28-22(26)19-18(15-6-4-5-7-17(15)23)16(12-24)21(25)29-20(19)13-8-10-14(27-2)11-9-13/h4-11,18H,3,25H2,1-2H3/t18-/m0/s1. The summed E-state index contributed by atoms with van der Waals surface area (Å²) >= 11 is 0. The molecular formula is C22H19FN2O4. The van der Waals surface area contributed by atoms with Crippen LogP contribution in [0.25, 0.3) is 5.76 Å². The molecule has 1 aliphatic rings. The number of nitrogens with zero attached hydrogens (tertiary/aromatic N) is 1. The van der Waals surface area contributed by atoms with Crippen molar-refractivity contribution in [2.45, 2.75) is 12.8 Å². The number of carbonyl (C=O) groups is 1. The fraction of sp³-hybridized carbons (Fsp3) is 0.182. The van der Waals surface area contributed by atoms with Crippen LogP contribution in [0.3, 0.4) is 0 Å². The first kappa shape index (κ1) is 20.0. The molecule has 0 spiro atoms. The number of allylic oxidation sites excluding steroid dienone is 1. The van der Waals surface area contributed by atoms with Crippen LogP contribution in [0.4, 0.5) is 4.39 Å². The van der Waals surface area contributed by atoms with Gasteiger partial charge in [0.15, 0.2) is 0 Å². The Morgan fingerprint density at radius 3 is 2.52 bits per heavy atom. The van der Waals surface area contributed by atoms with E-state index >= 15 is 0 Å². The van der Waals surface area contributed by atoms with Crippen molar-refractivity contribution >= 4 is 11.7 Å². The monoisotopic (exact) mass is 394 g/mol. The number of hydrogen-bond acceptors (Lipinski definition) is 6. The highest BCUT2D eigenvalue weighted by Crippen LogP contribution is 2.43. The minimum Gasteiger partial charge on any atom is -0.497 e. The van der Waals surface area contributed by atoms with Crippen molar-refractivity contribution < 1.29 is 23.4 Å². The van der Waals surface area contributed by atoms with E-state index in [1.807, 2.05) is 6.07 Å². The predicted octanol–water partition coefficient (Wildman–Crippen LogP) is 3.62. The van der Waals surface area contributed by atoms with E-state index in [1.165, 1.54) is 25.3 Å². The van der Waals surface area contributed by atoms with E-state index in [1.54, 1.807) is 37.3 Å². The van der Waals surface area contributed by atoms with Crippen LogP contribution in [0.15, 0.2) is 65.6 Å². The molecule has 0 unspecified atom stereocenters. The Kier molecular flexibility index (Phi) is 5.84. The summed E-state index contributed by atoms with van der Waals surface area (Å²) in [6.07, 6.45) is 0. The maximum atomic E-state index is 14.7. The average molecular weight is 394 g/mol. The summed E-state index contributed by atoms with van der Waals surface area (Å²) in [6, 6.07) is 14.6. The maximum Gasteiger partial charge on any atom is 0.338 e. The highest BCUT2D eigenvalue weighted by molar-refractivity contribution is 5.99. The van der Waals surface area contributed by atoms with E-state index in [0.29, 0.717) is 11.3 Å². The van der Waals surface area contributed by atoms with Crippen molar-refractivity contribution in [1.82, 2.24) is 0 Å². The summed E-state index contributed by atoms with van der Waals surface area (Å²) in [5, 5.41) is 9.66. The molecule has 7 heteroatoms. The van der Waals surface area contributed by atoms with Crippen LogP contribution in [0, 0.1) is 17.1 Å². The van der Waals surface area contributed by atoms with E-state index in [-0.39, 0.29) is 35.0 Å². The number of ether oxygens (including phenoxy) is 3. The minimum atomic E-state index is -1.06. The van der Waals surface area contributed by atoms with E-state index in [2.05, 4.69) is 0 Å². The van der Waals surface area contributed by atoms with Crippen molar-refractivity contribution in [3.63, 3.8) is 0 Å². The number of methoxy groups -OCH3 is 1. The van der Waals surface area contributed by atoms with E-state index < -0.39 is 17.7 Å². The van der Waals surface area contributed by atoms with Crippen LogP contribution < -0.4 is 10.5 Å². The zero-order valence-corrected chi connectivity index (χ0v) is 15.9. The molecule has 0 aromatic heterocycles. The number of halogens is 1. The maximum absolute atomic E-state index is 14.7. The van der Waals surface area contributed by atoms with Gasteiger partial charge in [-0.3, -0.25) is 0 Å². The number of esters is 1. The fourth-order valence-electron chi connectivity index (χ4n) is 3.15. The lowest BCUT2D eigenvalue weighted by atomic mass is 9.81. The van der Waals surface area contributed by atoms with E-state index in [0.717, 1.165) is 0 Å². The Bertz CT molecular complexity index is 1040. The van der Waals surface area contributed by atoms with Gasteiger partial charge in [-0.25, -0.2) is 9.18 Å². The van der Waals surface area contributed by atoms with Crippen molar-refractivity contribution in [3.8, 4) is 11.8 Å². The van der Waals surface area contributed by atoms with Gasteiger partial charge in [0, 0.05) is 11.1 Å². The first-order chi connectivity index (χ1) is 14.0. The van der Waals surface area contributed by atoms with Crippen LogP contribution in [0.5, 0.6) is 5.75 Å². The van der Waals surface area contributed by atoms with Crippen LogP contribution in [0.1, 0.15) is 24.0 Å². The van der Waals surface area contributed by atoms with Gasteiger partial charge in [-0.05, 0) is 37.3 Å². The van der Waals surface area contributed by atoms with Crippen LogP contribution in [-0.4, -0.2) is 19.7 Å². The molecule has 2 N–H and O–H groups in total. The summed E-state index contributed by atoms with van der Waals surface area (Å²) in [7, 11) is 1.53. The zero-order chi connectivity index (χ0) is 21.0. The number of hydrogen-bond donors (Lipinski definition) is 1. The van der Waals surface area contributed by atoms with Gasteiger partial charge in [-0.15, -0.1) is 0 Å². The molecule has 1 atom stereocenters. The summed E-state index contributed by atoms with van der Waals surface area (Å²) in [5.74, 6) is -1.83. The lowest BCUT2D eigenvalue weighted by molar-refractivity contribution is -0.138. The number of rotatable bonds is 5. The molecule has 0 saturated heterocycles. The van der Waals surface area contributed by atoms with Gasteiger partial charge in [0.25, 0.3) is 0 Å². The largest absolute Gasteiger partial charge is 0.497 e. The molecule has 0 amide bonds. The number of carbonyl (C=O) groups excluding carboxylic acids is 1. The summed E-state index contributed by atoms with van der Waals surface area (Å²) in [6.45, 7) is 1.76. The molecular weight excluding hydrogens is 375 g/mol. The van der Waals surface area contributed by atoms with Gasteiger partial charge in [0.05, 0.1) is 25.2 Å². The second-order valence-electron chi connectivity index (χ2n) is 6.14. The fourth-order valence-corrected chi connectivity index (χ4v) is 3.15. The molecule has 0 aliphatic carbocycles. The van der Waals surface area contributed by atoms with Crippen molar-refractivity contribution in [2.75, 3.05) is 13.7 Å². The average Bonchev–Trinajstić information content (AvgIpc) is 2.73. The Hall–Kier alpha value is -3.79. The van der Waals surface area contributed by atoms with E-state index in [9.17, 15) is 14.4 Å². The molecule has 148 valence electrons. The molecule has 6 nitrogen and oxygen atoms in total. The Morgan fingerprint density at radius 1 is 1.24 bits per heavy atom. The summed E-state index contributed by atoms with van der Waals surface area (Å²) in [5.41, 5.74) is 6.57. The van der Waals surface area contributed by atoms with Crippen molar-refractivity contribution in [1.29, 1.82) is 5.26 Å². The summed E-state index contributed by atoms with van der Waals surface area (Å²) < 4.78 is 30.7. The smallest absolute Gasteiger partial charge is 0.338 e. The van der Waals surface area contributed by atoms with Gasteiger partial charge < -0.3 is 19.9 Å². The molecule has 29 heavy (non-hydrogen) atoms. The third kappa shape index (κ3) is 3.78. The highest BCUT2D eigenvalue weighted by Gasteiger charge is 2.39. The zero-order valence-electron chi connectivity index (χ0n) is 15.9. The number of nitrogens with two attached hydrogens (primary N) is 1. The Labute approximate surface area is 167 Å². The molecule has 1 aliphatic heterocycles. The van der Waals surface area contributed by atoms with Crippen LogP contribution in [-0.2, 0) is 14.3 Å². The van der Waals surface area contributed by atoms with Gasteiger partial charge in [0.1, 0.15) is 29.0 Å². The quantitative estimate of drug-likeness (QED) is 0.779. The minimum absolute atomic E-state index is 0.00728. The van der Waals surface area contributed by atoms with Crippen LogP contribution in [0.2, 0.25) is 0 Å². The van der Waals surface area contributed by atoms with Gasteiger partial charge in [-0.2, -0.15) is 5.26 Å². The second kappa shape index (κ2) is 8.48. The lowest BCUT2D eigenvalue weighted by Crippen LogP contribution is -2.26. The van der Waals surface area contributed by atoms with Gasteiger partial charge in [0.2, 0.25) is 5.88 Å². The van der Waals surface area contributed by atoms with E-state index in [4.69, 9.17) is 19.9 Å². The molecule has 0 radical (unpaired) electrons. The Morgan fingerprint density at radius 2 is 1.93 bits per heavy atom. The first-order valence-corrected chi connectivity index (χ1v) is 8.89. The van der Waals surface area contributed by atoms with Crippen molar-refractivity contribution in [3.05, 3.63) is 82.5 Å². The summed E-state index contributed by atoms with van der Waals surface area (Å²) in [4.78, 5) is 12.9. The van der Waals surface area contributed by atoms with Crippen LogP contribution >= 0.6 is 0 Å². The van der Waals surface area contributed by atoms with Gasteiger partial charge >= 0.3 is 5.97 Å². The number of benzene rings is 2. The second-order valence-corrected chi connectivity index (χ2v) is 6.14. The molecule has 3 rings (SSSR count). The number of nitriles is 1. The SMILES string of the molecule is CCOC(=O)C1=C(c2ccc(OC)cc2)OC(N)=C(C#N)[C@@H]1c1ccccc1F. The molecule has 2 aromatic carbocycles. The third-order valence-corrected chi connectivity index (χ3v) is 4.48. The van der Waals surface area contributed by atoms with Crippen molar-refractivity contribution in [2.24, 2.45) is 5.73 Å².